The summed E-state index contributed by atoms with van der Waals surface area (Å²) in [7, 11) is 0. The van der Waals surface area contributed by atoms with E-state index in [-0.39, 0.29) is 0 Å². The Kier molecular flexibility index (Phi) is 3.49. The van der Waals surface area contributed by atoms with Crippen LogP contribution in [0.5, 0.6) is 0 Å². The molecule has 124 valence electrons. The van der Waals surface area contributed by atoms with Crippen molar-refractivity contribution in [2.24, 2.45) is 0 Å². The smallest absolute Gasteiger partial charge is 0.225 e. The van der Waals surface area contributed by atoms with Gasteiger partial charge in [-0.1, -0.05) is 48.5 Å². The van der Waals surface area contributed by atoms with Crippen LogP contribution in [0, 0.1) is 0 Å². The predicted molar refractivity (Wildman–Crippen MR) is 98.7 cm³/mol. The molecule has 0 saturated carbocycles. The summed E-state index contributed by atoms with van der Waals surface area (Å²) in [6, 6.07) is 20.1. The molecule has 2 aromatic carbocycles. The third kappa shape index (κ3) is 2.41. The highest BCUT2D eigenvalue weighted by molar-refractivity contribution is 5.77. The first kappa shape index (κ1) is 14.6. The van der Waals surface area contributed by atoms with Gasteiger partial charge in [-0.2, -0.15) is 0 Å². The molecule has 1 fully saturated rings. The fourth-order valence-electron chi connectivity index (χ4n) is 4.33. The molecular formula is C21H21N4+. The number of aromatic nitrogens is 2. The minimum Gasteiger partial charge on any atom is -0.330 e. The second kappa shape index (κ2) is 5.97. The average Bonchev–Trinajstić information content (AvgIpc) is 3.03. The van der Waals surface area contributed by atoms with Gasteiger partial charge in [-0.3, -0.25) is 0 Å². The lowest BCUT2D eigenvalue weighted by molar-refractivity contribution is -0.925. The topological polar surface area (TPSA) is 33.5 Å². The maximum Gasteiger partial charge on any atom is 0.225 e. The Balaban J connectivity index is 1.43. The van der Waals surface area contributed by atoms with E-state index < -0.39 is 0 Å². The molecule has 3 aromatic rings. The molecule has 25 heavy (non-hydrogen) atoms. The van der Waals surface area contributed by atoms with Gasteiger partial charge in [-0.25, -0.2) is 9.97 Å². The van der Waals surface area contributed by atoms with Crippen LogP contribution in [0.4, 0.5) is 5.95 Å². The Hall–Kier alpha value is -2.72. The van der Waals surface area contributed by atoms with Gasteiger partial charge < -0.3 is 9.80 Å². The van der Waals surface area contributed by atoms with Gasteiger partial charge in [0.15, 0.2) is 0 Å². The normalized spacial score (nSPS) is 17.4. The zero-order chi connectivity index (χ0) is 16.6. The third-order valence-corrected chi connectivity index (χ3v) is 5.48. The number of rotatable bonds is 2. The standard InChI is InChI=1S/C21H20N4/c1-3-8-18-16(6-1)17-7-2-4-9-19(17)20(18)24-12-14-25(15-13-24)21-22-10-5-11-23-21/h1-11,20H,12-15H2/p+1. The number of piperazine rings is 1. The van der Waals surface area contributed by atoms with E-state index >= 15 is 0 Å². The van der Waals surface area contributed by atoms with Crippen LogP contribution in [0.2, 0.25) is 0 Å². The van der Waals surface area contributed by atoms with Crippen molar-refractivity contribution >= 4 is 5.95 Å². The summed E-state index contributed by atoms with van der Waals surface area (Å²) in [5.41, 5.74) is 5.76. The fraction of sp³-hybridized carbons (Fsp3) is 0.238. The molecule has 2 heterocycles. The minimum absolute atomic E-state index is 0.450. The van der Waals surface area contributed by atoms with Crippen LogP contribution in [-0.2, 0) is 0 Å². The van der Waals surface area contributed by atoms with Crippen LogP contribution in [-0.4, -0.2) is 36.1 Å². The van der Waals surface area contributed by atoms with Crippen molar-refractivity contribution in [1.29, 1.82) is 0 Å². The van der Waals surface area contributed by atoms with Crippen molar-refractivity contribution in [1.82, 2.24) is 9.97 Å². The highest BCUT2D eigenvalue weighted by atomic mass is 15.3. The van der Waals surface area contributed by atoms with Crippen molar-refractivity contribution < 1.29 is 4.90 Å². The predicted octanol–water partition coefficient (Wildman–Crippen LogP) is 1.95. The molecule has 1 N–H and O–H groups in total. The Morgan fingerprint density at radius 1 is 0.760 bits per heavy atom. The number of nitrogens with zero attached hydrogens (tertiary/aromatic N) is 3. The number of anilines is 1. The van der Waals surface area contributed by atoms with Gasteiger partial charge in [0.05, 0.1) is 26.2 Å². The number of fused-ring (bicyclic) bond motifs is 3. The summed E-state index contributed by atoms with van der Waals surface area (Å²) in [6.45, 7) is 4.21. The van der Waals surface area contributed by atoms with Gasteiger partial charge in [0, 0.05) is 23.5 Å². The molecule has 0 bridgehead atoms. The molecule has 0 spiro atoms. The lowest BCUT2D eigenvalue weighted by Crippen LogP contribution is -3.15. The minimum atomic E-state index is 0.450. The van der Waals surface area contributed by atoms with Crippen LogP contribution < -0.4 is 9.80 Å². The summed E-state index contributed by atoms with van der Waals surface area (Å²) in [5, 5.41) is 0. The molecular weight excluding hydrogens is 308 g/mol. The summed E-state index contributed by atoms with van der Waals surface area (Å²) >= 11 is 0. The monoisotopic (exact) mass is 329 g/mol. The van der Waals surface area contributed by atoms with Crippen LogP contribution in [0.25, 0.3) is 11.1 Å². The Morgan fingerprint density at radius 3 is 1.92 bits per heavy atom. The zero-order valence-electron chi connectivity index (χ0n) is 14.1. The van der Waals surface area contributed by atoms with E-state index in [4.69, 9.17) is 0 Å². The molecule has 4 nitrogen and oxygen atoms in total. The summed E-state index contributed by atoms with van der Waals surface area (Å²) in [6.07, 6.45) is 3.65. The zero-order valence-corrected chi connectivity index (χ0v) is 14.1. The first-order valence-corrected chi connectivity index (χ1v) is 8.96. The van der Waals surface area contributed by atoms with E-state index in [2.05, 4.69) is 63.4 Å². The van der Waals surface area contributed by atoms with E-state index in [0.717, 1.165) is 32.1 Å². The first-order chi connectivity index (χ1) is 12.4. The van der Waals surface area contributed by atoms with Crippen molar-refractivity contribution in [2.75, 3.05) is 31.1 Å². The fourth-order valence-corrected chi connectivity index (χ4v) is 4.33. The maximum atomic E-state index is 4.40. The first-order valence-electron chi connectivity index (χ1n) is 8.96. The number of quaternary nitrogens is 1. The SMILES string of the molecule is c1cnc(N2CC[NH+](C3c4ccccc4-c4ccccc43)CC2)nc1. The summed E-state index contributed by atoms with van der Waals surface area (Å²) in [5.74, 6) is 0.855. The van der Waals surface area contributed by atoms with Gasteiger partial charge in [0.25, 0.3) is 0 Å². The lowest BCUT2D eigenvalue weighted by atomic mass is 10.0. The van der Waals surface area contributed by atoms with Crippen LogP contribution in [0.1, 0.15) is 17.2 Å². The molecule has 1 aromatic heterocycles. The second-order valence-corrected chi connectivity index (χ2v) is 6.80. The van der Waals surface area contributed by atoms with Gasteiger partial charge in [-0.15, -0.1) is 0 Å². The molecule has 2 aliphatic rings. The molecule has 1 saturated heterocycles. The Labute approximate surface area is 147 Å². The molecule has 0 atom stereocenters. The molecule has 0 unspecified atom stereocenters. The van der Waals surface area contributed by atoms with E-state index in [1.807, 2.05) is 18.5 Å². The number of benzene rings is 2. The highest BCUT2D eigenvalue weighted by Gasteiger charge is 2.37. The summed E-state index contributed by atoms with van der Waals surface area (Å²) < 4.78 is 0. The Bertz CT molecular complexity index is 840. The highest BCUT2D eigenvalue weighted by Crippen LogP contribution is 2.41. The van der Waals surface area contributed by atoms with Gasteiger partial charge in [0.1, 0.15) is 6.04 Å². The number of nitrogens with one attached hydrogen (secondary N) is 1. The molecule has 4 heteroatoms. The maximum absolute atomic E-state index is 4.40. The second-order valence-electron chi connectivity index (χ2n) is 6.80. The quantitative estimate of drug-likeness (QED) is 0.780. The molecule has 5 rings (SSSR count). The van der Waals surface area contributed by atoms with Gasteiger partial charge >= 0.3 is 0 Å². The number of hydrogen-bond acceptors (Lipinski definition) is 3. The van der Waals surface area contributed by atoms with Crippen molar-refractivity contribution in [3.05, 3.63) is 78.1 Å². The van der Waals surface area contributed by atoms with Crippen LogP contribution in [0.3, 0.4) is 0 Å². The van der Waals surface area contributed by atoms with Gasteiger partial charge in [-0.05, 0) is 17.2 Å². The lowest BCUT2D eigenvalue weighted by Gasteiger charge is -2.35. The molecule has 0 amide bonds. The van der Waals surface area contributed by atoms with Crippen LogP contribution in [0.15, 0.2) is 67.0 Å². The Morgan fingerprint density at radius 2 is 1.32 bits per heavy atom. The van der Waals surface area contributed by atoms with Crippen molar-refractivity contribution in [3.63, 3.8) is 0 Å². The van der Waals surface area contributed by atoms with E-state index in [1.54, 1.807) is 4.90 Å². The van der Waals surface area contributed by atoms with Crippen LogP contribution >= 0.6 is 0 Å². The largest absolute Gasteiger partial charge is 0.330 e. The number of hydrogen-bond donors (Lipinski definition) is 1. The van der Waals surface area contributed by atoms with Crippen molar-refractivity contribution in [3.8, 4) is 11.1 Å². The van der Waals surface area contributed by atoms with Gasteiger partial charge in [0.2, 0.25) is 5.95 Å². The summed E-state index contributed by atoms with van der Waals surface area (Å²) in [4.78, 5) is 12.7. The van der Waals surface area contributed by atoms with E-state index in [9.17, 15) is 0 Å². The third-order valence-electron chi connectivity index (χ3n) is 5.48. The van der Waals surface area contributed by atoms with Crippen molar-refractivity contribution in [2.45, 2.75) is 6.04 Å². The van der Waals surface area contributed by atoms with E-state index in [0.29, 0.717) is 6.04 Å². The average molecular weight is 329 g/mol. The molecule has 0 radical (unpaired) electrons. The molecule has 1 aliphatic carbocycles. The molecule has 1 aliphatic heterocycles. The van der Waals surface area contributed by atoms with E-state index in [1.165, 1.54) is 22.3 Å².